The van der Waals surface area contributed by atoms with Crippen molar-refractivity contribution in [2.75, 3.05) is 16.3 Å². The van der Waals surface area contributed by atoms with Gasteiger partial charge in [-0.05, 0) is 36.4 Å². The lowest BCUT2D eigenvalue weighted by Gasteiger charge is -2.10. The molecule has 0 unspecified atom stereocenters. The van der Waals surface area contributed by atoms with Gasteiger partial charge in [-0.3, -0.25) is 9.52 Å². The van der Waals surface area contributed by atoms with Crippen LogP contribution in [-0.4, -0.2) is 40.3 Å². The van der Waals surface area contributed by atoms with Crippen molar-refractivity contribution in [2.24, 2.45) is 0 Å². The smallest absolute Gasteiger partial charge is 0.321 e. The zero-order valence-electron chi connectivity index (χ0n) is 17.1. The number of ether oxygens (including phenoxy) is 1. The van der Waals surface area contributed by atoms with Gasteiger partial charge in [0.2, 0.25) is 10.0 Å². The number of benzene rings is 2. The minimum Gasteiger partial charge on any atom is -0.422 e. The van der Waals surface area contributed by atoms with E-state index < -0.39 is 15.9 Å². The lowest BCUT2D eigenvalue weighted by atomic mass is 10.2. The fourth-order valence-electron chi connectivity index (χ4n) is 2.88. The zero-order valence-corrected chi connectivity index (χ0v) is 18.7. The molecule has 2 aromatic heterocycles. The first-order valence-electron chi connectivity index (χ1n) is 9.45. The van der Waals surface area contributed by atoms with Crippen LogP contribution in [0.15, 0.2) is 73.3 Å². The molecule has 2 N–H and O–H groups in total. The van der Waals surface area contributed by atoms with E-state index in [-0.39, 0.29) is 22.3 Å². The molecule has 0 radical (unpaired) electrons. The number of para-hydroxylation sites is 2. The highest BCUT2D eigenvalue weighted by atomic mass is 35.5. The quantitative estimate of drug-likeness (QED) is 0.409. The van der Waals surface area contributed by atoms with E-state index in [9.17, 15) is 13.2 Å². The molecule has 1 amide bonds. The average Bonchev–Trinajstić information content (AvgIpc) is 3.23. The second-order valence-electron chi connectivity index (χ2n) is 6.83. The van der Waals surface area contributed by atoms with E-state index in [1.54, 1.807) is 42.7 Å². The van der Waals surface area contributed by atoms with Crippen LogP contribution in [0.25, 0.3) is 5.69 Å². The van der Waals surface area contributed by atoms with Crippen molar-refractivity contribution in [1.29, 1.82) is 0 Å². The Balaban J connectivity index is 1.55. The lowest BCUT2D eigenvalue weighted by Crippen LogP contribution is -2.13. The third-order valence-corrected chi connectivity index (χ3v) is 4.98. The molecule has 4 aromatic rings. The predicted molar refractivity (Wildman–Crippen MR) is 124 cm³/mol. The van der Waals surface area contributed by atoms with Gasteiger partial charge in [0.1, 0.15) is 5.69 Å². The van der Waals surface area contributed by atoms with E-state index in [1.165, 1.54) is 35.3 Å². The number of carbonyl (C=O) groups is 1. The fourth-order valence-corrected chi connectivity index (χ4v) is 3.66. The largest absolute Gasteiger partial charge is 0.422 e. The molecule has 33 heavy (non-hydrogen) atoms. The van der Waals surface area contributed by atoms with Crippen molar-refractivity contribution in [3.63, 3.8) is 0 Å². The van der Waals surface area contributed by atoms with Crippen LogP contribution in [0.5, 0.6) is 11.8 Å². The summed E-state index contributed by atoms with van der Waals surface area (Å²) in [7, 11) is -3.50. The van der Waals surface area contributed by atoms with Gasteiger partial charge < -0.3 is 10.1 Å². The Labute approximate surface area is 194 Å². The molecule has 0 aliphatic carbocycles. The Morgan fingerprint density at radius 3 is 2.55 bits per heavy atom. The van der Waals surface area contributed by atoms with Crippen molar-refractivity contribution in [2.45, 2.75) is 0 Å². The highest BCUT2D eigenvalue weighted by Gasteiger charge is 2.14. The molecule has 2 heterocycles. The van der Waals surface area contributed by atoms with Crippen molar-refractivity contribution in [3.05, 3.63) is 83.9 Å². The molecule has 0 saturated carbocycles. The predicted octanol–water partition coefficient (Wildman–Crippen LogP) is 3.73. The van der Waals surface area contributed by atoms with E-state index in [1.807, 2.05) is 0 Å². The Kier molecular flexibility index (Phi) is 6.24. The SMILES string of the molecule is CS(=O)(=O)Nc1cc(Cl)cc(NC(=O)c2cnn(-c3ccccc3Oc3ncccn3)c2)c1. The second-order valence-corrected chi connectivity index (χ2v) is 9.02. The Morgan fingerprint density at radius 1 is 1.06 bits per heavy atom. The monoisotopic (exact) mass is 484 g/mol. The van der Waals surface area contributed by atoms with Crippen LogP contribution < -0.4 is 14.8 Å². The second kappa shape index (κ2) is 9.27. The molecule has 10 nitrogen and oxygen atoms in total. The standard InChI is InChI=1S/C21H17ClN6O4S/c1-33(30,31)27-17-10-15(22)9-16(11-17)26-20(29)14-12-25-28(13-14)18-5-2-3-6-19(18)32-21-23-7-4-8-24-21/h2-13,27H,1H3,(H,26,29). The average molecular weight is 485 g/mol. The summed E-state index contributed by atoms with van der Waals surface area (Å²) in [5.74, 6) is -0.0105. The summed E-state index contributed by atoms with van der Waals surface area (Å²) in [4.78, 5) is 20.8. The number of sulfonamides is 1. The number of hydrogen-bond donors (Lipinski definition) is 2. The number of anilines is 2. The number of halogens is 1. The summed E-state index contributed by atoms with van der Waals surface area (Å²) < 4.78 is 32.5. The van der Waals surface area contributed by atoms with Gasteiger partial charge in [0.05, 0.1) is 23.7 Å². The first-order chi connectivity index (χ1) is 15.8. The van der Waals surface area contributed by atoms with Gasteiger partial charge in [-0.1, -0.05) is 23.7 Å². The van der Waals surface area contributed by atoms with Crippen LogP contribution in [0.1, 0.15) is 10.4 Å². The van der Waals surface area contributed by atoms with Gasteiger partial charge in [0, 0.05) is 29.3 Å². The van der Waals surface area contributed by atoms with Gasteiger partial charge >= 0.3 is 6.01 Å². The van der Waals surface area contributed by atoms with E-state index in [2.05, 4.69) is 25.1 Å². The highest BCUT2D eigenvalue weighted by molar-refractivity contribution is 7.92. The van der Waals surface area contributed by atoms with Crippen LogP contribution in [0.3, 0.4) is 0 Å². The topological polar surface area (TPSA) is 128 Å². The molecule has 0 atom stereocenters. The molecular formula is C21H17ClN6O4S. The van der Waals surface area contributed by atoms with Crippen molar-refractivity contribution < 1.29 is 17.9 Å². The number of aromatic nitrogens is 4. The molecular weight excluding hydrogens is 468 g/mol. The minimum absolute atomic E-state index is 0.175. The molecule has 2 aromatic carbocycles. The van der Waals surface area contributed by atoms with Crippen LogP contribution >= 0.6 is 11.6 Å². The van der Waals surface area contributed by atoms with E-state index in [0.717, 1.165) is 6.26 Å². The van der Waals surface area contributed by atoms with E-state index >= 15 is 0 Å². The first kappa shape index (κ1) is 22.2. The van der Waals surface area contributed by atoms with Gasteiger partial charge in [-0.25, -0.2) is 23.1 Å². The van der Waals surface area contributed by atoms with Crippen LogP contribution in [0.4, 0.5) is 11.4 Å². The number of carbonyl (C=O) groups excluding carboxylic acids is 1. The number of nitrogens with one attached hydrogen (secondary N) is 2. The fraction of sp³-hybridized carbons (Fsp3) is 0.0476. The van der Waals surface area contributed by atoms with Gasteiger partial charge in [-0.15, -0.1) is 0 Å². The van der Waals surface area contributed by atoms with Gasteiger partial charge in [-0.2, -0.15) is 5.10 Å². The number of rotatable bonds is 7. The highest BCUT2D eigenvalue weighted by Crippen LogP contribution is 2.27. The molecule has 12 heteroatoms. The number of nitrogens with zero attached hydrogens (tertiary/aromatic N) is 4. The molecule has 0 saturated heterocycles. The molecule has 0 aliphatic rings. The summed E-state index contributed by atoms with van der Waals surface area (Å²) in [5, 5.41) is 7.19. The van der Waals surface area contributed by atoms with Crippen LogP contribution in [-0.2, 0) is 10.0 Å². The maximum Gasteiger partial charge on any atom is 0.321 e. The summed E-state index contributed by atoms with van der Waals surface area (Å²) >= 11 is 6.05. The van der Waals surface area contributed by atoms with Crippen molar-refractivity contribution >= 4 is 38.9 Å². The zero-order chi connectivity index (χ0) is 23.4. The third kappa shape index (κ3) is 5.84. The van der Waals surface area contributed by atoms with Gasteiger partial charge in [0.25, 0.3) is 5.91 Å². The molecule has 168 valence electrons. The van der Waals surface area contributed by atoms with Gasteiger partial charge in [0.15, 0.2) is 5.75 Å². The molecule has 0 spiro atoms. The summed E-state index contributed by atoms with van der Waals surface area (Å²) in [6.45, 7) is 0. The molecule has 0 fully saturated rings. The Hall–Kier alpha value is -3.96. The van der Waals surface area contributed by atoms with Crippen molar-refractivity contribution in [1.82, 2.24) is 19.7 Å². The van der Waals surface area contributed by atoms with E-state index in [0.29, 0.717) is 17.1 Å². The van der Waals surface area contributed by atoms with Crippen molar-refractivity contribution in [3.8, 4) is 17.4 Å². The minimum atomic E-state index is -3.50. The number of hydrogen-bond acceptors (Lipinski definition) is 7. The molecule has 4 rings (SSSR count). The maximum absolute atomic E-state index is 12.7. The summed E-state index contributed by atoms with van der Waals surface area (Å²) in [5.41, 5.74) is 1.38. The number of amides is 1. The third-order valence-electron chi connectivity index (χ3n) is 4.16. The Bertz CT molecular complexity index is 1410. The van der Waals surface area contributed by atoms with Crippen LogP contribution in [0, 0.1) is 0 Å². The summed E-state index contributed by atoms with van der Waals surface area (Å²) in [6, 6.07) is 13.3. The van der Waals surface area contributed by atoms with Crippen LogP contribution in [0.2, 0.25) is 5.02 Å². The first-order valence-corrected chi connectivity index (χ1v) is 11.7. The molecule has 0 bridgehead atoms. The summed E-state index contributed by atoms with van der Waals surface area (Å²) in [6.07, 6.45) is 7.07. The Morgan fingerprint density at radius 2 is 1.79 bits per heavy atom. The lowest BCUT2D eigenvalue weighted by molar-refractivity contribution is 0.102. The van der Waals surface area contributed by atoms with E-state index in [4.69, 9.17) is 16.3 Å². The maximum atomic E-state index is 12.7. The normalized spacial score (nSPS) is 11.1. The molecule has 0 aliphatic heterocycles.